The minimum absolute atomic E-state index is 0.392. The molecule has 3 fully saturated rings. The van der Waals surface area contributed by atoms with Gasteiger partial charge in [-0.2, -0.15) is 0 Å². The summed E-state index contributed by atoms with van der Waals surface area (Å²) in [5.41, 5.74) is 0. The summed E-state index contributed by atoms with van der Waals surface area (Å²) in [6, 6.07) is 0.515. The molecule has 1 unspecified atom stereocenters. The molecule has 3 aliphatic heterocycles. The SMILES string of the molecule is O=C1CCCN1C1CCN(CC2CCNCC2)C1. The molecular formula is C14H25N3O. The van der Waals surface area contributed by atoms with Crippen LogP contribution in [0.4, 0.5) is 0 Å². The molecule has 0 radical (unpaired) electrons. The molecule has 0 saturated carbocycles. The van der Waals surface area contributed by atoms with Gasteiger partial charge in [-0.15, -0.1) is 0 Å². The van der Waals surface area contributed by atoms with Crippen LogP contribution in [0.3, 0.4) is 0 Å². The van der Waals surface area contributed by atoms with Gasteiger partial charge < -0.3 is 15.1 Å². The molecule has 3 rings (SSSR count). The van der Waals surface area contributed by atoms with E-state index >= 15 is 0 Å². The van der Waals surface area contributed by atoms with Crippen LogP contribution in [0, 0.1) is 5.92 Å². The summed E-state index contributed by atoms with van der Waals surface area (Å²) >= 11 is 0. The number of likely N-dealkylation sites (tertiary alicyclic amines) is 2. The van der Waals surface area contributed by atoms with Gasteiger partial charge in [-0.05, 0) is 44.7 Å². The molecule has 1 atom stereocenters. The summed E-state index contributed by atoms with van der Waals surface area (Å²) in [6.07, 6.45) is 5.69. The highest BCUT2D eigenvalue weighted by atomic mass is 16.2. The highest BCUT2D eigenvalue weighted by Gasteiger charge is 2.33. The third kappa shape index (κ3) is 2.69. The van der Waals surface area contributed by atoms with Crippen molar-refractivity contribution in [3.63, 3.8) is 0 Å². The van der Waals surface area contributed by atoms with E-state index < -0.39 is 0 Å². The van der Waals surface area contributed by atoms with Gasteiger partial charge in [-0.3, -0.25) is 4.79 Å². The van der Waals surface area contributed by atoms with E-state index in [1.165, 1.54) is 45.4 Å². The van der Waals surface area contributed by atoms with Crippen LogP contribution in [0.1, 0.15) is 32.1 Å². The average molecular weight is 251 g/mol. The smallest absolute Gasteiger partial charge is 0.222 e. The lowest BCUT2D eigenvalue weighted by Gasteiger charge is -2.28. The number of nitrogens with one attached hydrogen (secondary N) is 1. The first-order chi connectivity index (χ1) is 8.83. The van der Waals surface area contributed by atoms with Crippen LogP contribution in [0.15, 0.2) is 0 Å². The van der Waals surface area contributed by atoms with Crippen molar-refractivity contribution in [2.75, 3.05) is 39.3 Å². The van der Waals surface area contributed by atoms with E-state index in [9.17, 15) is 4.79 Å². The highest BCUT2D eigenvalue weighted by Crippen LogP contribution is 2.23. The minimum atomic E-state index is 0.392. The lowest BCUT2D eigenvalue weighted by atomic mass is 9.98. The molecule has 102 valence electrons. The summed E-state index contributed by atoms with van der Waals surface area (Å²) in [7, 11) is 0. The molecule has 3 saturated heterocycles. The monoisotopic (exact) mass is 251 g/mol. The Morgan fingerprint density at radius 1 is 1.17 bits per heavy atom. The number of amides is 1. The third-order valence-corrected chi connectivity index (χ3v) is 4.77. The fourth-order valence-electron chi connectivity index (χ4n) is 3.72. The van der Waals surface area contributed by atoms with Crippen LogP contribution in [0.5, 0.6) is 0 Å². The lowest BCUT2D eigenvalue weighted by Crippen LogP contribution is -2.40. The molecule has 0 aliphatic carbocycles. The van der Waals surface area contributed by atoms with Crippen LogP contribution < -0.4 is 5.32 Å². The zero-order chi connectivity index (χ0) is 12.4. The third-order valence-electron chi connectivity index (χ3n) is 4.77. The Bertz CT molecular complexity index is 301. The van der Waals surface area contributed by atoms with Gasteiger partial charge in [0.1, 0.15) is 0 Å². The zero-order valence-corrected chi connectivity index (χ0v) is 11.2. The largest absolute Gasteiger partial charge is 0.338 e. The number of carbonyl (C=O) groups is 1. The van der Waals surface area contributed by atoms with Gasteiger partial charge in [-0.1, -0.05) is 0 Å². The summed E-state index contributed by atoms with van der Waals surface area (Å²) < 4.78 is 0. The second kappa shape index (κ2) is 5.57. The van der Waals surface area contributed by atoms with E-state index in [1.807, 2.05) is 0 Å². The van der Waals surface area contributed by atoms with Gasteiger partial charge in [0, 0.05) is 38.6 Å². The van der Waals surface area contributed by atoms with Gasteiger partial charge in [0.2, 0.25) is 5.91 Å². The summed E-state index contributed by atoms with van der Waals surface area (Å²) in [6.45, 7) is 6.94. The predicted molar refractivity (Wildman–Crippen MR) is 71.4 cm³/mol. The van der Waals surface area contributed by atoms with Crippen molar-refractivity contribution < 1.29 is 4.79 Å². The van der Waals surface area contributed by atoms with E-state index in [2.05, 4.69) is 15.1 Å². The quantitative estimate of drug-likeness (QED) is 0.801. The zero-order valence-electron chi connectivity index (χ0n) is 11.2. The number of hydrogen-bond acceptors (Lipinski definition) is 3. The first-order valence-corrected chi connectivity index (χ1v) is 7.55. The van der Waals surface area contributed by atoms with Crippen molar-refractivity contribution >= 4 is 5.91 Å². The van der Waals surface area contributed by atoms with E-state index in [-0.39, 0.29) is 0 Å². The first-order valence-electron chi connectivity index (χ1n) is 7.55. The van der Waals surface area contributed by atoms with Gasteiger partial charge >= 0.3 is 0 Å². The van der Waals surface area contributed by atoms with Crippen molar-refractivity contribution in [2.45, 2.75) is 38.1 Å². The topological polar surface area (TPSA) is 35.6 Å². The molecule has 18 heavy (non-hydrogen) atoms. The second-order valence-electron chi connectivity index (χ2n) is 6.09. The molecule has 1 amide bonds. The van der Waals surface area contributed by atoms with Crippen molar-refractivity contribution in [1.29, 1.82) is 0 Å². The van der Waals surface area contributed by atoms with E-state index in [1.54, 1.807) is 0 Å². The Kier molecular flexibility index (Phi) is 3.85. The summed E-state index contributed by atoms with van der Waals surface area (Å²) in [5, 5.41) is 3.43. The number of hydrogen-bond donors (Lipinski definition) is 1. The fourth-order valence-corrected chi connectivity index (χ4v) is 3.72. The molecule has 0 aromatic heterocycles. The predicted octanol–water partition coefficient (Wildman–Crippen LogP) is 0.683. The lowest BCUT2D eigenvalue weighted by molar-refractivity contribution is -0.129. The Balaban J connectivity index is 1.47. The maximum Gasteiger partial charge on any atom is 0.222 e. The number of piperidine rings is 1. The van der Waals surface area contributed by atoms with Gasteiger partial charge in [-0.25, -0.2) is 0 Å². The van der Waals surface area contributed by atoms with Crippen LogP contribution in [-0.2, 0) is 4.79 Å². The van der Waals surface area contributed by atoms with E-state index in [0.29, 0.717) is 11.9 Å². The maximum absolute atomic E-state index is 11.8. The highest BCUT2D eigenvalue weighted by molar-refractivity contribution is 5.78. The molecule has 4 nitrogen and oxygen atoms in total. The summed E-state index contributed by atoms with van der Waals surface area (Å²) in [5.74, 6) is 1.27. The standard InChI is InChI=1S/C14H25N3O/c18-14-2-1-8-17(14)13-5-9-16(11-13)10-12-3-6-15-7-4-12/h12-13,15H,1-11H2. The van der Waals surface area contributed by atoms with Crippen molar-refractivity contribution in [3.05, 3.63) is 0 Å². The van der Waals surface area contributed by atoms with Gasteiger partial charge in [0.05, 0.1) is 0 Å². The molecule has 0 bridgehead atoms. The average Bonchev–Trinajstić information content (AvgIpc) is 2.99. The number of carbonyl (C=O) groups excluding carboxylic acids is 1. The Hall–Kier alpha value is -0.610. The maximum atomic E-state index is 11.8. The molecule has 1 N–H and O–H groups in total. The van der Waals surface area contributed by atoms with E-state index in [4.69, 9.17) is 0 Å². The van der Waals surface area contributed by atoms with Crippen LogP contribution in [-0.4, -0.2) is 61.0 Å². The minimum Gasteiger partial charge on any atom is -0.338 e. The molecule has 0 aromatic carbocycles. The molecule has 0 spiro atoms. The Morgan fingerprint density at radius 2 is 2.00 bits per heavy atom. The van der Waals surface area contributed by atoms with E-state index in [0.717, 1.165) is 31.8 Å². The normalized spacial score (nSPS) is 31.4. The Labute approximate surface area is 110 Å². The van der Waals surface area contributed by atoms with Gasteiger partial charge in [0.25, 0.3) is 0 Å². The summed E-state index contributed by atoms with van der Waals surface area (Å²) in [4.78, 5) is 16.5. The van der Waals surface area contributed by atoms with Crippen molar-refractivity contribution in [3.8, 4) is 0 Å². The van der Waals surface area contributed by atoms with Crippen LogP contribution in [0.2, 0.25) is 0 Å². The van der Waals surface area contributed by atoms with Crippen molar-refractivity contribution in [1.82, 2.24) is 15.1 Å². The molecular weight excluding hydrogens is 226 g/mol. The fraction of sp³-hybridized carbons (Fsp3) is 0.929. The van der Waals surface area contributed by atoms with Crippen LogP contribution >= 0.6 is 0 Å². The second-order valence-corrected chi connectivity index (χ2v) is 6.09. The van der Waals surface area contributed by atoms with Crippen LogP contribution in [0.25, 0.3) is 0 Å². The molecule has 4 heteroatoms. The number of rotatable bonds is 3. The van der Waals surface area contributed by atoms with Crippen molar-refractivity contribution in [2.24, 2.45) is 5.92 Å². The van der Waals surface area contributed by atoms with Gasteiger partial charge in [0.15, 0.2) is 0 Å². The first kappa shape index (κ1) is 12.4. The molecule has 0 aromatic rings. The number of nitrogens with zero attached hydrogens (tertiary/aromatic N) is 2. The molecule has 3 aliphatic rings. The Morgan fingerprint density at radius 3 is 2.72 bits per heavy atom. The molecule has 3 heterocycles.